The number of pyridine rings is 1. The number of hydrogen-bond acceptors (Lipinski definition) is 5. The Morgan fingerprint density at radius 3 is 2.67 bits per heavy atom. The van der Waals surface area contributed by atoms with Crippen LogP contribution in [0.2, 0.25) is 0 Å². The molecule has 8 heteroatoms. The topological polar surface area (TPSA) is 103 Å². The molecular weight excluding hydrogens is 254 g/mol. The normalized spacial score (nSPS) is 11.4. The van der Waals surface area contributed by atoms with E-state index in [0.29, 0.717) is 0 Å². The number of nitrogens with zero attached hydrogens (tertiary/aromatic N) is 3. The average molecular weight is 267 g/mol. The first kappa shape index (κ1) is 12.4. The largest absolute Gasteiger partial charge is 0.384 e. The number of nitrogens with two attached hydrogens (primary N) is 1. The van der Waals surface area contributed by atoms with E-state index in [2.05, 4.69) is 14.8 Å². The standard InChI is InChI=1S/C10H13N5O2S/c1-7-5-10(13-15(7)2)14-18(16,17)8-3-4-12-9(11)6-8/h3-6H,1-2H3,(H2,11,12)(H,13,14). The van der Waals surface area contributed by atoms with E-state index in [1.165, 1.54) is 18.3 Å². The SMILES string of the molecule is Cc1cc(NS(=O)(=O)c2ccnc(N)c2)nn1C. The molecule has 0 aromatic carbocycles. The number of rotatable bonds is 3. The highest BCUT2D eigenvalue weighted by Gasteiger charge is 2.16. The molecule has 0 saturated carbocycles. The molecule has 0 bridgehead atoms. The Balaban J connectivity index is 2.33. The van der Waals surface area contributed by atoms with E-state index >= 15 is 0 Å². The van der Waals surface area contributed by atoms with Gasteiger partial charge in [-0.25, -0.2) is 13.4 Å². The van der Waals surface area contributed by atoms with Crippen molar-refractivity contribution in [2.45, 2.75) is 11.8 Å². The molecule has 18 heavy (non-hydrogen) atoms. The first-order valence-electron chi connectivity index (χ1n) is 5.13. The van der Waals surface area contributed by atoms with Gasteiger partial charge in [0, 0.05) is 31.1 Å². The van der Waals surface area contributed by atoms with E-state index in [4.69, 9.17) is 5.73 Å². The van der Waals surface area contributed by atoms with Crippen LogP contribution in [0.5, 0.6) is 0 Å². The van der Waals surface area contributed by atoms with E-state index in [9.17, 15) is 8.42 Å². The van der Waals surface area contributed by atoms with Gasteiger partial charge in [0.1, 0.15) is 5.82 Å². The molecule has 0 atom stereocenters. The summed E-state index contributed by atoms with van der Waals surface area (Å²) < 4.78 is 28.0. The number of nitrogens with one attached hydrogen (secondary N) is 1. The summed E-state index contributed by atoms with van der Waals surface area (Å²) >= 11 is 0. The number of aromatic nitrogens is 3. The molecule has 96 valence electrons. The third kappa shape index (κ3) is 2.43. The van der Waals surface area contributed by atoms with Crippen LogP contribution < -0.4 is 10.5 Å². The minimum Gasteiger partial charge on any atom is -0.384 e. The van der Waals surface area contributed by atoms with Crippen molar-refractivity contribution in [2.24, 2.45) is 7.05 Å². The predicted octanol–water partition coefficient (Wildman–Crippen LogP) is 0.507. The summed E-state index contributed by atoms with van der Waals surface area (Å²) in [4.78, 5) is 3.80. The second-order valence-corrected chi connectivity index (χ2v) is 5.50. The first-order valence-corrected chi connectivity index (χ1v) is 6.62. The zero-order chi connectivity index (χ0) is 13.3. The van der Waals surface area contributed by atoms with Gasteiger partial charge in [0.25, 0.3) is 10.0 Å². The second-order valence-electron chi connectivity index (χ2n) is 3.82. The summed E-state index contributed by atoms with van der Waals surface area (Å²) in [6, 6.07) is 4.30. The van der Waals surface area contributed by atoms with E-state index in [1.54, 1.807) is 17.8 Å². The lowest BCUT2D eigenvalue weighted by atomic mass is 10.5. The van der Waals surface area contributed by atoms with Crippen molar-refractivity contribution < 1.29 is 8.42 Å². The van der Waals surface area contributed by atoms with Gasteiger partial charge < -0.3 is 5.73 Å². The lowest BCUT2D eigenvalue weighted by Crippen LogP contribution is -2.14. The van der Waals surface area contributed by atoms with Crippen molar-refractivity contribution >= 4 is 21.7 Å². The lowest BCUT2D eigenvalue weighted by Gasteiger charge is -2.05. The van der Waals surface area contributed by atoms with E-state index in [-0.39, 0.29) is 16.5 Å². The fourth-order valence-electron chi connectivity index (χ4n) is 1.40. The molecule has 0 saturated heterocycles. The molecule has 2 aromatic heterocycles. The van der Waals surface area contributed by atoms with Crippen LogP contribution in [0.3, 0.4) is 0 Å². The van der Waals surface area contributed by atoms with E-state index in [0.717, 1.165) is 5.69 Å². The van der Waals surface area contributed by atoms with Crippen molar-refractivity contribution in [1.29, 1.82) is 0 Å². The van der Waals surface area contributed by atoms with Crippen molar-refractivity contribution in [3.8, 4) is 0 Å². The van der Waals surface area contributed by atoms with Crippen LogP contribution in [0.25, 0.3) is 0 Å². The maximum absolute atomic E-state index is 12.0. The molecule has 0 spiro atoms. The quantitative estimate of drug-likeness (QED) is 0.843. The van der Waals surface area contributed by atoms with Crippen molar-refractivity contribution in [2.75, 3.05) is 10.5 Å². The highest BCUT2D eigenvalue weighted by molar-refractivity contribution is 7.92. The zero-order valence-corrected chi connectivity index (χ0v) is 10.8. The Hall–Kier alpha value is -2.09. The van der Waals surface area contributed by atoms with Crippen LogP contribution in [0.15, 0.2) is 29.3 Å². The van der Waals surface area contributed by atoms with Crippen LogP contribution in [0.1, 0.15) is 5.69 Å². The lowest BCUT2D eigenvalue weighted by molar-refractivity contribution is 0.600. The van der Waals surface area contributed by atoms with Gasteiger partial charge in [0.05, 0.1) is 4.90 Å². The molecule has 0 amide bonds. The molecule has 3 N–H and O–H groups in total. The molecule has 2 heterocycles. The summed E-state index contributed by atoms with van der Waals surface area (Å²) in [5.74, 6) is 0.417. The summed E-state index contributed by atoms with van der Waals surface area (Å²) in [6.07, 6.45) is 1.34. The van der Waals surface area contributed by atoms with Crippen LogP contribution in [-0.2, 0) is 17.1 Å². The molecular formula is C10H13N5O2S. The molecule has 2 aromatic rings. The van der Waals surface area contributed by atoms with Gasteiger partial charge in [0.2, 0.25) is 0 Å². The predicted molar refractivity (Wildman–Crippen MR) is 67.4 cm³/mol. The molecule has 0 aliphatic rings. The van der Waals surface area contributed by atoms with Gasteiger partial charge >= 0.3 is 0 Å². The summed E-state index contributed by atoms with van der Waals surface area (Å²) in [7, 11) is -1.95. The van der Waals surface area contributed by atoms with Gasteiger partial charge in [0.15, 0.2) is 5.82 Å². The van der Waals surface area contributed by atoms with Gasteiger partial charge in [-0.1, -0.05) is 0 Å². The van der Waals surface area contributed by atoms with Crippen molar-refractivity contribution in [1.82, 2.24) is 14.8 Å². The average Bonchev–Trinajstić information content (AvgIpc) is 2.57. The molecule has 0 radical (unpaired) electrons. The van der Waals surface area contributed by atoms with E-state index < -0.39 is 10.0 Å². The zero-order valence-electron chi connectivity index (χ0n) is 9.95. The highest BCUT2D eigenvalue weighted by atomic mass is 32.2. The fourth-order valence-corrected chi connectivity index (χ4v) is 2.41. The Kier molecular flexibility index (Phi) is 2.95. The van der Waals surface area contributed by atoms with Gasteiger partial charge in [-0.15, -0.1) is 0 Å². The number of nitrogen functional groups attached to an aromatic ring is 1. The maximum Gasteiger partial charge on any atom is 0.263 e. The summed E-state index contributed by atoms with van der Waals surface area (Å²) in [6.45, 7) is 1.83. The fraction of sp³-hybridized carbons (Fsp3) is 0.200. The Labute approximate surface area is 105 Å². The van der Waals surface area contributed by atoms with Crippen molar-refractivity contribution in [3.05, 3.63) is 30.1 Å². The molecule has 0 fully saturated rings. The molecule has 0 aliphatic carbocycles. The Morgan fingerprint density at radius 2 is 2.11 bits per heavy atom. The van der Waals surface area contributed by atoms with Crippen LogP contribution in [-0.4, -0.2) is 23.2 Å². The first-order chi connectivity index (χ1) is 8.38. The minimum absolute atomic E-state index is 0.0540. The molecule has 7 nitrogen and oxygen atoms in total. The smallest absolute Gasteiger partial charge is 0.263 e. The van der Waals surface area contributed by atoms with Crippen LogP contribution >= 0.6 is 0 Å². The Morgan fingerprint density at radius 1 is 1.39 bits per heavy atom. The number of hydrogen-bond donors (Lipinski definition) is 2. The Bertz CT molecular complexity index is 658. The number of sulfonamides is 1. The minimum atomic E-state index is -3.69. The summed E-state index contributed by atoms with van der Waals surface area (Å²) in [5, 5.41) is 4.02. The number of aryl methyl sites for hydroxylation is 2. The molecule has 0 unspecified atom stereocenters. The second kappa shape index (κ2) is 4.30. The third-order valence-corrected chi connectivity index (χ3v) is 3.77. The number of anilines is 2. The molecule has 2 rings (SSSR count). The molecule has 0 aliphatic heterocycles. The van der Waals surface area contributed by atoms with Gasteiger partial charge in [-0.05, 0) is 13.0 Å². The van der Waals surface area contributed by atoms with Crippen LogP contribution in [0, 0.1) is 6.92 Å². The van der Waals surface area contributed by atoms with Gasteiger partial charge in [-0.2, -0.15) is 5.10 Å². The summed E-state index contributed by atoms with van der Waals surface area (Å²) in [5.41, 5.74) is 6.30. The monoisotopic (exact) mass is 267 g/mol. The van der Waals surface area contributed by atoms with E-state index in [1.807, 2.05) is 6.92 Å². The highest BCUT2D eigenvalue weighted by Crippen LogP contribution is 2.16. The van der Waals surface area contributed by atoms with Crippen molar-refractivity contribution in [3.63, 3.8) is 0 Å². The van der Waals surface area contributed by atoms with Crippen LogP contribution in [0.4, 0.5) is 11.6 Å². The maximum atomic E-state index is 12.0. The third-order valence-electron chi connectivity index (χ3n) is 2.42. The van der Waals surface area contributed by atoms with Gasteiger partial charge in [-0.3, -0.25) is 9.40 Å².